The zero-order chi connectivity index (χ0) is 26.9. The van der Waals surface area contributed by atoms with Crippen LogP contribution >= 0.6 is 0 Å². The van der Waals surface area contributed by atoms with Crippen molar-refractivity contribution in [2.24, 2.45) is 7.05 Å². The summed E-state index contributed by atoms with van der Waals surface area (Å²) >= 11 is 0. The molecule has 8 nitrogen and oxygen atoms in total. The Hall–Kier alpha value is -4.20. The van der Waals surface area contributed by atoms with Gasteiger partial charge in [0.25, 0.3) is 0 Å². The number of anilines is 1. The molecule has 0 saturated carbocycles. The number of carbonyl (C=O) groups excluding carboxylic acids is 1. The van der Waals surface area contributed by atoms with Crippen LogP contribution in [0, 0.1) is 0 Å². The van der Waals surface area contributed by atoms with E-state index in [9.17, 15) is 4.79 Å². The van der Waals surface area contributed by atoms with E-state index < -0.39 is 6.10 Å². The molecule has 0 saturated heterocycles. The predicted molar refractivity (Wildman–Crippen MR) is 148 cm³/mol. The monoisotopic (exact) mass is 517 g/mol. The molecule has 1 unspecified atom stereocenters. The second-order valence-electron chi connectivity index (χ2n) is 8.92. The van der Waals surface area contributed by atoms with Crippen molar-refractivity contribution in [1.29, 1.82) is 0 Å². The van der Waals surface area contributed by atoms with Crippen LogP contribution in [0.1, 0.15) is 25.8 Å². The van der Waals surface area contributed by atoms with Crippen molar-refractivity contribution < 1.29 is 23.7 Å². The number of aryl methyl sites for hydroxylation is 1. The van der Waals surface area contributed by atoms with Crippen LogP contribution in [0.4, 0.5) is 5.95 Å². The molecule has 0 spiro atoms. The van der Waals surface area contributed by atoms with E-state index in [2.05, 4.69) is 15.5 Å². The van der Waals surface area contributed by atoms with E-state index in [1.165, 1.54) is 0 Å². The Balaban J connectivity index is 1.48. The Bertz CT molecular complexity index is 1340. The van der Waals surface area contributed by atoms with Crippen LogP contribution in [0.15, 0.2) is 72.8 Å². The average molecular weight is 518 g/mol. The van der Waals surface area contributed by atoms with Crippen molar-refractivity contribution in [3.05, 3.63) is 78.4 Å². The van der Waals surface area contributed by atoms with E-state index in [0.29, 0.717) is 25.5 Å². The molecule has 0 aliphatic carbocycles. The van der Waals surface area contributed by atoms with Gasteiger partial charge in [-0.2, -0.15) is 0 Å². The highest BCUT2D eigenvalue weighted by Crippen LogP contribution is 2.25. The van der Waals surface area contributed by atoms with Gasteiger partial charge in [0, 0.05) is 20.1 Å². The van der Waals surface area contributed by atoms with Gasteiger partial charge in [-0.15, -0.1) is 0 Å². The zero-order valence-electron chi connectivity index (χ0n) is 22.4. The number of methoxy groups -OCH3 is 1. The average Bonchev–Trinajstić information content (AvgIpc) is 3.27. The minimum absolute atomic E-state index is 0.321. The number of aromatic nitrogens is 2. The number of hydrogen-bond donors (Lipinski definition) is 0. The number of carbonyl (C=O) groups is 1. The van der Waals surface area contributed by atoms with Gasteiger partial charge in [-0.1, -0.05) is 24.3 Å². The second kappa shape index (κ2) is 12.9. The lowest BCUT2D eigenvalue weighted by atomic mass is 10.2. The topological polar surface area (TPSA) is 75.1 Å². The second-order valence-corrected chi connectivity index (χ2v) is 8.92. The summed E-state index contributed by atoms with van der Waals surface area (Å²) in [6, 6.07) is 23.5. The van der Waals surface area contributed by atoms with Crippen LogP contribution in [0.2, 0.25) is 0 Å². The van der Waals surface area contributed by atoms with Crippen LogP contribution in [0.3, 0.4) is 0 Å². The number of ether oxygens (including phenoxy) is 4. The molecule has 0 bridgehead atoms. The zero-order valence-corrected chi connectivity index (χ0v) is 22.4. The van der Waals surface area contributed by atoms with E-state index in [1.54, 1.807) is 21.0 Å². The lowest BCUT2D eigenvalue weighted by Gasteiger charge is -2.24. The third-order valence-corrected chi connectivity index (χ3v) is 6.15. The molecule has 0 N–H and O–H groups in total. The lowest BCUT2D eigenvalue weighted by Crippen LogP contribution is -2.28. The Kier molecular flexibility index (Phi) is 9.08. The number of fused-ring (bicyclic) bond motifs is 1. The molecular formula is C30H35N3O5. The van der Waals surface area contributed by atoms with Gasteiger partial charge in [-0.25, -0.2) is 9.78 Å². The third kappa shape index (κ3) is 6.76. The summed E-state index contributed by atoms with van der Waals surface area (Å²) in [6.45, 7) is 5.71. The van der Waals surface area contributed by atoms with Gasteiger partial charge < -0.3 is 28.4 Å². The molecule has 200 valence electrons. The van der Waals surface area contributed by atoms with Crippen molar-refractivity contribution >= 4 is 23.0 Å². The van der Waals surface area contributed by atoms with Crippen LogP contribution < -0.4 is 19.1 Å². The quantitative estimate of drug-likeness (QED) is 0.174. The predicted octanol–water partition coefficient (Wildman–Crippen LogP) is 5.39. The Labute approximate surface area is 223 Å². The molecule has 0 aliphatic rings. The van der Waals surface area contributed by atoms with Gasteiger partial charge in [0.2, 0.25) is 5.95 Å². The number of benzene rings is 3. The summed E-state index contributed by atoms with van der Waals surface area (Å²) in [5.41, 5.74) is 3.06. The normalized spacial score (nSPS) is 11.7. The van der Waals surface area contributed by atoms with E-state index >= 15 is 0 Å². The third-order valence-electron chi connectivity index (χ3n) is 6.15. The van der Waals surface area contributed by atoms with E-state index in [-0.39, 0.29) is 5.97 Å². The highest BCUT2D eigenvalue weighted by Gasteiger charge is 2.18. The fourth-order valence-electron chi connectivity index (χ4n) is 4.23. The SMILES string of the molecule is CCOC(=O)C(C)Oc1cccc(CN(CCCOc2ccc(OC)cc2)c2nc3ccccc3n2C)c1. The molecule has 1 aromatic heterocycles. The smallest absolute Gasteiger partial charge is 0.347 e. The highest BCUT2D eigenvalue weighted by molar-refractivity contribution is 5.78. The molecular weight excluding hydrogens is 482 g/mol. The molecule has 38 heavy (non-hydrogen) atoms. The standard InChI is InChI=1S/C30H35N3O5/c1-5-36-29(34)22(2)38-26-11-8-10-23(20-26)21-33(30-31-27-12-6-7-13-28(27)32(30)3)18-9-19-37-25-16-14-24(35-4)15-17-25/h6-8,10-17,20,22H,5,9,18-19,21H2,1-4H3. The lowest BCUT2D eigenvalue weighted by molar-refractivity contribution is -0.150. The number of rotatable bonds is 13. The fourth-order valence-corrected chi connectivity index (χ4v) is 4.23. The summed E-state index contributed by atoms with van der Waals surface area (Å²) < 4.78 is 24.2. The van der Waals surface area contributed by atoms with Crippen molar-refractivity contribution in [2.45, 2.75) is 32.9 Å². The van der Waals surface area contributed by atoms with E-state index in [0.717, 1.165) is 47.0 Å². The summed E-state index contributed by atoms with van der Waals surface area (Å²) in [5.74, 6) is 2.72. The van der Waals surface area contributed by atoms with Crippen molar-refractivity contribution in [3.63, 3.8) is 0 Å². The maximum Gasteiger partial charge on any atom is 0.347 e. The number of nitrogens with zero attached hydrogens (tertiary/aromatic N) is 3. The number of imidazole rings is 1. The fraction of sp³-hybridized carbons (Fsp3) is 0.333. The Morgan fingerprint density at radius 1 is 1.00 bits per heavy atom. The summed E-state index contributed by atoms with van der Waals surface area (Å²) in [5, 5.41) is 0. The van der Waals surface area contributed by atoms with Gasteiger partial charge in [0.15, 0.2) is 6.10 Å². The number of para-hydroxylation sites is 2. The minimum Gasteiger partial charge on any atom is -0.497 e. The first-order valence-electron chi connectivity index (χ1n) is 12.8. The maximum atomic E-state index is 12.0. The summed E-state index contributed by atoms with van der Waals surface area (Å²) in [6.07, 6.45) is 0.113. The molecule has 4 rings (SSSR count). The molecule has 0 amide bonds. The van der Waals surface area contributed by atoms with Crippen LogP contribution in [-0.2, 0) is 23.1 Å². The largest absolute Gasteiger partial charge is 0.497 e. The molecule has 0 fully saturated rings. The van der Waals surface area contributed by atoms with E-state index in [1.807, 2.05) is 73.8 Å². The minimum atomic E-state index is -0.684. The first-order chi connectivity index (χ1) is 18.5. The van der Waals surface area contributed by atoms with Crippen LogP contribution in [0.5, 0.6) is 17.2 Å². The number of esters is 1. The van der Waals surface area contributed by atoms with Crippen molar-refractivity contribution in [3.8, 4) is 17.2 Å². The first-order valence-corrected chi connectivity index (χ1v) is 12.8. The molecule has 0 radical (unpaired) electrons. The highest BCUT2D eigenvalue weighted by atomic mass is 16.6. The number of hydrogen-bond acceptors (Lipinski definition) is 7. The maximum absolute atomic E-state index is 12.0. The van der Waals surface area contributed by atoms with Gasteiger partial charge >= 0.3 is 5.97 Å². The van der Waals surface area contributed by atoms with E-state index in [4.69, 9.17) is 23.9 Å². The summed E-state index contributed by atoms with van der Waals surface area (Å²) in [4.78, 5) is 19.2. The van der Waals surface area contributed by atoms with Crippen molar-refractivity contribution in [2.75, 3.05) is 31.8 Å². The first kappa shape index (κ1) is 26.9. The van der Waals surface area contributed by atoms with Crippen LogP contribution in [0.25, 0.3) is 11.0 Å². The Morgan fingerprint density at radius 2 is 1.76 bits per heavy atom. The van der Waals surface area contributed by atoms with Crippen LogP contribution in [-0.4, -0.2) is 48.5 Å². The molecule has 4 aromatic rings. The van der Waals surface area contributed by atoms with Crippen molar-refractivity contribution in [1.82, 2.24) is 9.55 Å². The molecule has 0 aliphatic heterocycles. The summed E-state index contributed by atoms with van der Waals surface area (Å²) in [7, 11) is 3.68. The molecule has 3 aromatic carbocycles. The Morgan fingerprint density at radius 3 is 2.50 bits per heavy atom. The molecule has 1 heterocycles. The van der Waals surface area contributed by atoms with Gasteiger partial charge in [0.05, 0.1) is 31.4 Å². The molecule has 8 heteroatoms. The van der Waals surface area contributed by atoms with Gasteiger partial charge in [0.1, 0.15) is 17.2 Å². The molecule has 1 atom stereocenters. The van der Waals surface area contributed by atoms with Gasteiger partial charge in [-0.3, -0.25) is 0 Å². The van der Waals surface area contributed by atoms with Gasteiger partial charge in [-0.05, 0) is 74.4 Å².